The molecular formula is C23H30N2O4. The molecule has 0 aliphatic heterocycles. The van der Waals surface area contributed by atoms with Gasteiger partial charge in [0.05, 0.1) is 7.11 Å². The monoisotopic (exact) mass is 398 g/mol. The van der Waals surface area contributed by atoms with Crippen LogP contribution in [0.2, 0.25) is 0 Å². The number of hydrogen-bond acceptors (Lipinski definition) is 5. The summed E-state index contributed by atoms with van der Waals surface area (Å²) in [6.07, 6.45) is -0.564. The lowest BCUT2D eigenvalue weighted by atomic mass is 10.1. The van der Waals surface area contributed by atoms with Crippen molar-refractivity contribution >= 4 is 12.1 Å². The highest BCUT2D eigenvalue weighted by Crippen LogP contribution is 2.15. The Bertz CT molecular complexity index is 731. The number of amides is 1. The second-order valence-electron chi connectivity index (χ2n) is 7.80. The normalized spacial score (nSPS) is 12.3. The van der Waals surface area contributed by atoms with Gasteiger partial charge in [-0.15, -0.1) is 0 Å². The molecule has 2 aromatic carbocycles. The summed E-state index contributed by atoms with van der Waals surface area (Å²) < 4.78 is 10.3. The molecule has 0 aliphatic rings. The Morgan fingerprint density at radius 1 is 0.931 bits per heavy atom. The molecule has 0 fully saturated rings. The van der Waals surface area contributed by atoms with Gasteiger partial charge >= 0.3 is 12.1 Å². The summed E-state index contributed by atoms with van der Waals surface area (Å²) >= 11 is 0. The number of rotatable bonds is 8. The van der Waals surface area contributed by atoms with Crippen LogP contribution < -0.4 is 5.32 Å². The molecule has 6 heteroatoms. The first-order chi connectivity index (χ1) is 13.8. The second-order valence-corrected chi connectivity index (χ2v) is 7.80. The highest BCUT2D eigenvalue weighted by atomic mass is 16.6. The van der Waals surface area contributed by atoms with E-state index >= 15 is 0 Å². The first kappa shape index (κ1) is 22.4. The zero-order valence-corrected chi connectivity index (χ0v) is 17.6. The minimum absolute atomic E-state index is 0.0846. The van der Waals surface area contributed by atoms with E-state index in [-0.39, 0.29) is 6.54 Å². The van der Waals surface area contributed by atoms with Crippen molar-refractivity contribution in [3.05, 3.63) is 71.8 Å². The van der Waals surface area contributed by atoms with Crippen molar-refractivity contribution < 1.29 is 19.1 Å². The van der Waals surface area contributed by atoms with Crippen LogP contribution in [0.25, 0.3) is 0 Å². The summed E-state index contributed by atoms with van der Waals surface area (Å²) in [7, 11) is 1.35. The number of carbonyl (C=O) groups excluding carboxylic acids is 2. The maximum absolute atomic E-state index is 12.6. The average Bonchev–Trinajstić information content (AvgIpc) is 2.68. The van der Waals surface area contributed by atoms with Crippen LogP contribution in [-0.4, -0.2) is 42.3 Å². The lowest BCUT2D eigenvalue weighted by Gasteiger charge is -2.30. The summed E-state index contributed by atoms with van der Waals surface area (Å²) in [5.41, 5.74) is 1.52. The van der Waals surface area contributed by atoms with Gasteiger partial charge in [-0.1, -0.05) is 60.7 Å². The zero-order valence-electron chi connectivity index (χ0n) is 17.6. The molecule has 0 radical (unpaired) electrons. The topological polar surface area (TPSA) is 67.9 Å². The van der Waals surface area contributed by atoms with Gasteiger partial charge in [0, 0.05) is 19.6 Å². The van der Waals surface area contributed by atoms with Gasteiger partial charge in [0.2, 0.25) is 0 Å². The third kappa shape index (κ3) is 7.95. The molecule has 156 valence electrons. The molecule has 2 aromatic rings. The van der Waals surface area contributed by atoms with Crippen molar-refractivity contribution in [3.8, 4) is 0 Å². The number of esters is 1. The van der Waals surface area contributed by atoms with Crippen molar-refractivity contribution in [2.75, 3.05) is 13.7 Å². The van der Waals surface area contributed by atoms with Crippen molar-refractivity contribution in [3.63, 3.8) is 0 Å². The molecule has 29 heavy (non-hydrogen) atoms. The highest BCUT2D eigenvalue weighted by molar-refractivity contribution is 5.77. The van der Waals surface area contributed by atoms with Gasteiger partial charge in [0.1, 0.15) is 11.6 Å². The largest absolute Gasteiger partial charge is 0.468 e. The van der Waals surface area contributed by atoms with Crippen molar-refractivity contribution in [1.82, 2.24) is 10.2 Å². The van der Waals surface area contributed by atoms with E-state index < -0.39 is 23.7 Å². The Morgan fingerprint density at radius 2 is 1.41 bits per heavy atom. The molecule has 2 rings (SSSR count). The molecule has 1 unspecified atom stereocenters. The molecule has 1 N–H and O–H groups in total. The van der Waals surface area contributed by atoms with E-state index in [2.05, 4.69) is 5.32 Å². The smallest absolute Gasteiger partial charge is 0.407 e. The van der Waals surface area contributed by atoms with E-state index in [9.17, 15) is 9.59 Å². The minimum Gasteiger partial charge on any atom is -0.468 e. The van der Waals surface area contributed by atoms with Crippen LogP contribution in [0.15, 0.2) is 60.7 Å². The third-order valence-corrected chi connectivity index (χ3v) is 4.21. The number of benzene rings is 2. The van der Waals surface area contributed by atoms with E-state index in [1.165, 1.54) is 7.11 Å². The number of carbonyl (C=O) groups is 2. The standard InChI is InChI=1S/C23H30N2O4/c1-23(2,3)29-22(27)24-15-20(21(26)28-4)25(16-18-11-7-5-8-12-18)17-19-13-9-6-10-14-19/h5-14,20H,15-17H2,1-4H3,(H,24,27). The summed E-state index contributed by atoms with van der Waals surface area (Å²) in [5.74, 6) is -0.409. The Kier molecular flexibility index (Phi) is 8.21. The number of hydrogen-bond donors (Lipinski definition) is 1. The van der Waals surface area contributed by atoms with Crippen LogP contribution in [0.3, 0.4) is 0 Å². The third-order valence-electron chi connectivity index (χ3n) is 4.21. The first-order valence-electron chi connectivity index (χ1n) is 9.65. The summed E-state index contributed by atoms with van der Waals surface area (Å²) in [4.78, 5) is 26.7. The highest BCUT2D eigenvalue weighted by Gasteiger charge is 2.28. The Labute approximate surface area is 172 Å². The second kappa shape index (κ2) is 10.6. The average molecular weight is 399 g/mol. The lowest BCUT2D eigenvalue weighted by Crippen LogP contribution is -2.49. The van der Waals surface area contributed by atoms with Gasteiger partial charge in [0.25, 0.3) is 0 Å². The number of ether oxygens (including phenoxy) is 2. The van der Waals surface area contributed by atoms with Gasteiger partial charge in [-0.2, -0.15) is 0 Å². The molecule has 1 amide bonds. The van der Waals surface area contributed by atoms with Crippen molar-refractivity contribution in [1.29, 1.82) is 0 Å². The molecule has 0 aliphatic carbocycles. The predicted molar refractivity (Wildman–Crippen MR) is 112 cm³/mol. The van der Waals surface area contributed by atoms with E-state index in [1.807, 2.05) is 65.6 Å². The van der Waals surface area contributed by atoms with Crippen LogP contribution in [0.5, 0.6) is 0 Å². The van der Waals surface area contributed by atoms with E-state index in [1.54, 1.807) is 20.8 Å². The molecule has 0 heterocycles. The Balaban J connectivity index is 2.20. The fourth-order valence-electron chi connectivity index (χ4n) is 2.90. The van der Waals surface area contributed by atoms with Crippen LogP contribution in [-0.2, 0) is 27.4 Å². The van der Waals surface area contributed by atoms with Crippen LogP contribution in [0, 0.1) is 0 Å². The maximum Gasteiger partial charge on any atom is 0.407 e. The van der Waals surface area contributed by atoms with Gasteiger partial charge in [-0.3, -0.25) is 9.69 Å². The van der Waals surface area contributed by atoms with Gasteiger partial charge in [-0.25, -0.2) is 4.79 Å². The van der Waals surface area contributed by atoms with E-state index in [0.717, 1.165) is 11.1 Å². The molecule has 0 bridgehead atoms. The van der Waals surface area contributed by atoms with Gasteiger partial charge in [-0.05, 0) is 31.9 Å². The van der Waals surface area contributed by atoms with Crippen molar-refractivity contribution in [2.24, 2.45) is 0 Å². The molecule has 0 saturated heterocycles. The summed E-state index contributed by atoms with van der Waals surface area (Å²) in [6.45, 7) is 6.53. The Hall–Kier alpha value is -2.86. The summed E-state index contributed by atoms with van der Waals surface area (Å²) in [5, 5.41) is 2.70. The molecule has 0 aromatic heterocycles. The first-order valence-corrected chi connectivity index (χ1v) is 9.65. The van der Waals surface area contributed by atoms with E-state index in [0.29, 0.717) is 13.1 Å². The molecule has 0 saturated carbocycles. The molecule has 1 atom stereocenters. The quantitative estimate of drug-likeness (QED) is 0.686. The fraction of sp³-hybridized carbons (Fsp3) is 0.391. The summed E-state index contributed by atoms with van der Waals surface area (Å²) in [6, 6.07) is 19.1. The number of nitrogens with zero attached hydrogens (tertiary/aromatic N) is 1. The number of alkyl carbamates (subject to hydrolysis) is 1. The van der Waals surface area contributed by atoms with E-state index in [4.69, 9.17) is 9.47 Å². The van der Waals surface area contributed by atoms with Gasteiger partial charge < -0.3 is 14.8 Å². The van der Waals surface area contributed by atoms with Crippen LogP contribution >= 0.6 is 0 Å². The number of nitrogens with one attached hydrogen (secondary N) is 1. The Morgan fingerprint density at radius 3 is 1.83 bits per heavy atom. The SMILES string of the molecule is COC(=O)C(CNC(=O)OC(C)(C)C)N(Cc1ccccc1)Cc1ccccc1. The fourth-order valence-corrected chi connectivity index (χ4v) is 2.90. The van der Waals surface area contributed by atoms with Crippen LogP contribution in [0.4, 0.5) is 4.79 Å². The maximum atomic E-state index is 12.6. The minimum atomic E-state index is -0.659. The number of methoxy groups -OCH3 is 1. The van der Waals surface area contributed by atoms with Crippen LogP contribution in [0.1, 0.15) is 31.9 Å². The molecular weight excluding hydrogens is 368 g/mol. The predicted octanol–water partition coefficient (Wildman–Crippen LogP) is 3.76. The lowest BCUT2D eigenvalue weighted by molar-refractivity contribution is -0.147. The molecule has 0 spiro atoms. The van der Waals surface area contributed by atoms with Gasteiger partial charge in [0.15, 0.2) is 0 Å². The molecule has 6 nitrogen and oxygen atoms in total. The zero-order chi connectivity index (χ0) is 21.3. The van der Waals surface area contributed by atoms with Crippen molar-refractivity contribution in [2.45, 2.75) is 45.5 Å².